The lowest BCUT2D eigenvalue weighted by Gasteiger charge is -1.67. The Hall–Kier alpha value is 0.350. The van der Waals surface area contributed by atoms with Crippen LogP contribution in [0.15, 0.2) is 0 Å². The highest BCUT2D eigenvalue weighted by Gasteiger charge is 1.57. The first-order valence-electron chi connectivity index (χ1n) is 1.22. The van der Waals surface area contributed by atoms with Crippen molar-refractivity contribution in [3.05, 3.63) is 6.92 Å². The van der Waals surface area contributed by atoms with Crippen LogP contribution >= 0.6 is 12.6 Å². The van der Waals surface area contributed by atoms with Crippen molar-refractivity contribution < 1.29 is 0 Å². The second-order valence-corrected chi connectivity index (χ2v) is 0.959. The van der Waals surface area contributed by atoms with Crippen molar-refractivity contribution >= 4 is 12.6 Å². The van der Waals surface area contributed by atoms with Gasteiger partial charge in [-0.2, -0.15) is 12.6 Å². The highest BCUT2D eigenvalue weighted by atomic mass is 32.1. The van der Waals surface area contributed by atoms with Gasteiger partial charge in [0.1, 0.15) is 0 Å². The molecule has 0 aliphatic carbocycles. The number of thiol groups is 1. The summed E-state index contributed by atoms with van der Waals surface area (Å²) in [5, 5.41) is 0. The minimum absolute atomic E-state index is 0.684. The van der Waals surface area contributed by atoms with E-state index in [4.69, 9.17) is 6.92 Å². The molecule has 0 heterocycles. The fraction of sp³-hybridized carbons (Fsp3) is 0.667. The number of hydrogen-bond acceptors (Lipinski definition) is 1. The molecule has 0 nitrogen and oxygen atoms in total. The SMILES string of the molecule is [CH]CCS. The fourth-order valence-corrected chi connectivity index (χ4v) is 0. The minimum Gasteiger partial charge on any atom is -0.179 e. The lowest BCUT2D eigenvalue weighted by Crippen LogP contribution is -1.56. The first kappa shape index (κ1) is 4.35. The highest BCUT2D eigenvalue weighted by molar-refractivity contribution is 7.80. The van der Waals surface area contributed by atoms with Gasteiger partial charge in [-0.05, 0) is 19.1 Å². The van der Waals surface area contributed by atoms with Crippen LogP contribution in [0.25, 0.3) is 0 Å². The lowest BCUT2D eigenvalue weighted by molar-refractivity contribution is 1.25. The smallest absolute Gasteiger partial charge is 0.00951 e. The molecular formula is C3H6S. The van der Waals surface area contributed by atoms with Gasteiger partial charge >= 0.3 is 0 Å². The zero-order valence-electron chi connectivity index (χ0n) is 2.44. The van der Waals surface area contributed by atoms with Crippen molar-refractivity contribution in [3.8, 4) is 0 Å². The van der Waals surface area contributed by atoms with E-state index < -0.39 is 0 Å². The molecular weight excluding hydrogens is 68.1 g/mol. The van der Waals surface area contributed by atoms with Crippen LogP contribution in [-0.4, -0.2) is 5.75 Å². The minimum atomic E-state index is 0.684. The predicted octanol–water partition coefficient (Wildman–Crippen LogP) is 1.02. The van der Waals surface area contributed by atoms with Crippen molar-refractivity contribution in [1.29, 1.82) is 0 Å². The molecule has 0 bridgehead atoms. The van der Waals surface area contributed by atoms with E-state index in [0.29, 0.717) is 6.42 Å². The van der Waals surface area contributed by atoms with Gasteiger partial charge in [0.25, 0.3) is 0 Å². The Morgan fingerprint density at radius 3 is 2.00 bits per heavy atom. The third-order valence-electron chi connectivity index (χ3n) is 0.129. The summed E-state index contributed by atoms with van der Waals surface area (Å²) in [6, 6.07) is 0. The van der Waals surface area contributed by atoms with E-state index in [1.54, 1.807) is 0 Å². The second-order valence-electron chi connectivity index (χ2n) is 0.512. The number of rotatable bonds is 1. The Morgan fingerprint density at radius 1 is 1.75 bits per heavy atom. The molecule has 0 aromatic heterocycles. The lowest BCUT2D eigenvalue weighted by atomic mass is 10.6. The average molecular weight is 74.1 g/mol. The molecule has 2 radical (unpaired) electrons. The molecule has 0 fully saturated rings. The van der Waals surface area contributed by atoms with Crippen LogP contribution in [0.2, 0.25) is 0 Å². The largest absolute Gasteiger partial charge is 0.179 e. The first-order valence-corrected chi connectivity index (χ1v) is 1.86. The van der Waals surface area contributed by atoms with Gasteiger partial charge in [-0.3, -0.25) is 0 Å². The van der Waals surface area contributed by atoms with E-state index in [0.717, 1.165) is 5.75 Å². The zero-order chi connectivity index (χ0) is 3.41. The normalized spacial score (nSPS) is 7.50. The van der Waals surface area contributed by atoms with Gasteiger partial charge in [-0.25, -0.2) is 0 Å². The third-order valence-corrected chi connectivity index (χ3v) is 0.387. The van der Waals surface area contributed by atoms with Crippen molar-refractivity contribution in [2.75, 3.05) is 5.75 Å². The van der Waals surface area contributed by atoms with Gasteiger partial charge in [0.05, 0.1) is 0 Å². The summed E-state index contributed by atoms with van der Waals surface area (Å²) in [6.45, 7) is 4.95. The molecule has 24 valence electrons. The van der Waals surface area contributed by atoms with Crippen LogP contribution < -0.4 is 0 Å². The standard InChI is InChI=1S/C3H6S/c1-2-3-4/h1,4H,2-3H2. The van der Waals surface area contributed by atoms with E-state index in [-0.39, 0.29) is 0 Å². The molecule has 0 unspecified atom stereocenters. The Kier molecular flexibility index (Phi) is 3.64. The molecule has 0 aromatic rings. The summed E-state index contributed by atoms with van der Waals surface area (Å²) in [5.41, 5.74) is 0. The van der Waals surface area contributed by atoms with Crippen LogP contribution in [0, 0.1) is 6.92 Å². The van der Waals surface area contributed by atoms with Gasteiger partial charge in [-0.15, -0.1) is 0 Å². The maximum absolute atomic E-state index is 4.95. The van der Waals surface area contributed by atoms with Crippen molar-refractivity contribution in [2.45, 2.75) is 6.42 Å². The van der Waals surface area contributed by atoms with E-state index in [1.807, 2.05) is 0 Å². The van der Waals surface area contributed by atoms with Gasteiger partial charge < -0.3 is 0 Å². The van der Waals surface area contributed by atoms with E-state index in [9.17, 15) is 0 Å². The van der Waals surface area contributed by atoms with Crippen LogP contribution in [-0.2, 0) is 0 Å². The summed E-state index contributed by atoms with van der Waals surface area (Å²) in [5.74, 6) is 0.792. The Balaban J connectivity index is 1.97. The van der Waals surface area contributed by atoms with Crippen molar-refractivity contribution in [3.63, 3.8) is 0 Å². The molecule has 0 spiro atoms. The summed E-state index contributed by atoms with van der Waals surface area (Å²) in [7, 11) is 0. The molecule has 1 heteroatoms. The fourth-order valence-electron chi connectivity index (χ4n) is 0. The monoisotopic (exact) mass is 74.0 g/mol. The molecule has 0 saturated carbocycles. The average Bonchev–Trinajstić information content (AvgIpc) is 1.37. The van der Waals surface area contributed by atoms with Crippen LogP contribution in [0.1, 0.15) is 6.42 Å². The summed E-state index contributed by atoms with van der Waals surface area (Å²) in [4.78, 5) is 0. The molecule has 0 N–H and O–H groups in total. The van der Waals surface area contributed by atoms with Crippen LogP contribution in [0.5, 0.6) is 0 Å². The Labute approximate surface area is 32.6 Å². The molecule has 0 amide bonds. The van der Waals surface area contributed by atoms with E-state index in [1.165, 1.54) is 0 Å². The zero-order valence-corrected chi connectivity index (χ0v) is 3.33. The van der Waals surface area contributed by atoms with Crippen LogP contribution in [0.4, 0.5) is 0 Å². The quantitative estimate of drug-likeness (QED) is 0.441. The molecule has 4 heavy (non-hydrogen) atoms. The van der Waals surface area contributed by atoms with Gasteiger partial charge in [0.15, 0.2) is 0 Å². The first-order chi connectivity index (χ1) is 1.91. The molecule has 0 atom stereocenters. The predicted molar refractivity (Wildman–Crippen MR) is 22.8 cm³/mol. The summed E-state index contributed by atoms with van der Waals surface area (Å²) < 4.78 is 0. The van der Waals surface area contributed by atoms with E-state index in [2.05, 4.69) is 12.6 Å². The summed E-state index contributed by atoms with van der Waals surface area (Å²) >= 11 is 3.80. The maximum atomic E-state index is 4.95. The van der Waals surface area contributed by atoms with Crippen LogP contribution in [0.3, 0.4) is 0 Å². The molecule has 0 aromatic carbocycles. The Bertz CT molecular complexity index is 5.25. The second kappa shape index (κ2) is 3.35. The summed E-state index contributed by atoms with van der Waals surface area (Å²) in [6.07, 6.45) is 0.684. The van der Waals surface area contributed by atoms with Gasteiger partial charge in [-0.1, -0.05) is 0 Å². The maximum Gasteiger partial charge on any atom is -0.00951 e. The van der Waals surface area contributed by atoms with Gasteiger partial charge in [0, 0.05) is 0 Å². The molecule has 0 aliphatic rings. The highest BCUT2D eigenvalue weighted by Crippen LogP contribution is 1.73. The van der Waals surface area contributed by atoms with E-state index >= 15 is 0 Å². The van der Waals surface area contributed by atoms with Gasteiger partial charge in [0.2, 0.25) is 0 Å². The topological polar surface area (TPSA) is 0 Å². The van der Waals surface area contributed by atoms with Crippen molar-refractivity contribution in [2.24, 2.45) is 0 Å². The molecule has 0 aliphatic heterocycles. The number of hydrogen-bond donors (Lipinski definition) is 1. The third kappa shape index (κ3) is 2.35. The molecule has 0 rings (SSSR count). The van der Waals surface area contributed by atoms with Crippen molar-refractivity contribution in [1.82, 2.24) is 0 Å². The Morgan fingerprint density at radius 2 is 2.00 bits per heavy atom. The molecule has 0 saturated heterocycles.